The summed E-state index contributed by atoms with van der Waals surface area (Å²) in [7, 11) is 0. The van der Waals surface area contributed by atoms with Gasteiger partial charge in [-0.1, -0.05) is 0 Å². The van der Waals surface area contributed by atoms with Crippen LogP contribution in [0.2, 0.25) is 0 Å². The Kier molecular flexibility index (Phi) is 2.68. The fraction of sp³-hybridized carbons (Fsp3) is 0.500. The highest BCUT2D eigenvalue weighted by Crippen LogP contribution is 2.15. The highest BCUT2D eigenvalue weighted by molar-refractivity contribution is 5.52. The third-order valence-corrected chi connectivity index (χ3v) is 3.08. The lowest BCUT2D eigenvalue weighted by Gasteiger charge is -2.20. The summed E-state index contributed by atoms with van der Waals surface area (Å²) < 4.78 is 7.27. The fourth-order valence-electron chi connectivity index (χ4n) is 2.12. The van der Waals surface area contributed by atoms with Gasteiger partial charge in [0.15, 0.2) is 5.65 Å². The molecule has 0 aromatic carbocycles. The number of aromatic nitrogens is 3. The van der Waals surface area contributed by atoms with Crippen LogP contribution >= 0.6 is 0 Å². The van der Waals surface area contributed by atoms with Crippen LogP contribution in [-0.4, -0.2) is 40.9 Å². The van der Waals surface area contributed by atoms with Gasteiger partial charge in [-0.15, -0.1) is 0 Å². The minimum atomic E-state index is 0.783. The Morgan fingerprint density at radius 2 is 2.24 bits per heavy atom. The Morgan fingerprint density at radius 1 is 1.29 bits per heavy atom. The van der Waals surface area contributed by atoms with E-state index in [1.54, 1.807) is 0 Å². The van der Waals surface area contributed by atoms with Gasteiger partial charge < -0.3 is 9.64 Å². The Morgan fingerprint density at radius 3 is 3.18 bits per heavy atom. The second-order valence-corrected chi connectivity index (χ2v) is 4.33. The molecule has 17 heavy (non-hydrogen) atoms. The molecule has 0 unspecified atom stereocenters. The van der Waals surface area contributed by atoms with Crippen LogP contribution in [0, 0.1) is 6.92 Å². The summed E-state index contributed by atoms with van der Waals surface area (Å²) in [6, 6.07) is 2.02. The topological polar surface area (TPSA) is 42.7 Å². The van der Waals surface area contributed by atoms with E-state index in [1.165, 1.54) is 0 Å². The number of ether oxygens (including phenoxy) is 1. The number of anilines is 1. The zero-order valence-corrected chi connectivity index (χ0v) is 9.96. The first-order valence-corrected chi connectivity index (χ1v) is 5.98. The van der Waals surface area contributed by atoms with Gasteiger partial charge in [0.2, 0.25) is 0 Å². The van der Waals surface area contributed by atoms with Crippen molar-refractivity contribution >= 4 is 11.5 Å². The average molecular weight is 232 g/mol. The molecule has 1 aliphatic rings. The first-order valence-electron chi connectivity index (χ1n) is 5.98. The van der Waals surface area contributed by atoms with Crippen LogP contribution in [0.15, 0.2) is 18.5 Å². The van der Waals surface area contributed by atoms with Crippen LogP contribution < -0.4 is 4.90 Å². The van der Waals surface area contributed by atoms with Crippen LogP contribution in [0.3, 0.4) is 0 Å². The summed E-state index contributed by atoms with van der Waals surface area (Å²) in [5.41, 5.74) is 2.05. The molecule has 2 aromatic rings. The largest absolute Gasteiger partial charge is 0.380 e. The lowest BCUT2D eigenvalue weighted by Crippen LogP contribution is -2.26. The molecule has 1 saturated heterocycles. The van der Waals surface area contributed by atoms with Crippen LogP contribution in [-0.2, 0) is 4.74 Å². The number of rotatable bonds is 1. The van der Waals surface area contributed by atoms with Crippen LogP contribution in [0.4, 0.5) is 5.82 Å². The Hall–Kier alpha value is -1.62. The zero-order valence-electron chi connectivity index (χ0n) is 9.96. The molecular weight excluding hydrogens is 216 g/mol. The van der Waals surface area contributed by atoms with Gasteiger partial charge in [-0.3, -0.25) is 0 Å². The molecule has 0 amide bonds. The number of nitrogens with zero attached hydrogens (tertiary/aromatic N) is 4. The van der Waals surface area contributed by atoms with E-state index in [9.17, 15) is 0 Å². The predicted molar refractivity (Wildman–Crippen MR) is 65.4 cm³/mol. The summed E-state index contributed by atoms with van der Waals surface area (Å²) in [6.07, 6.45) is 4.87. The maximum atomic E-state index is 5.46. The molecular formula is C12H16N4O. The summed E-state index contributed by atoms with van der Waals surface area (Å²) in [4.78, 5) is 6.95. The zero-order chi connectivity index (χ0) is 11.7. The molecule has 0 spiro atoms. The Bertz CT molecular complexity index is 514. The molecule has 0 aliphatic carbocycles. The smallest absolute Gasteiger partial charge is 0.160 e. The van der Waals surface area contributed by atoms with Gasteiger partial charge >= 0.3 is 0 Å². The lowest BCUT2D eigenvalue weighted by atomic mass is 10.3. The van der Waals surface area contributed by atoms with E-state index in [1.807, 2.05) is 29.9 Å². The van der Waals surface area contributed by atoms with Crippen molar-refractivity contribution in [2.45, 2.75) is 13.3 Å². The van der Waals surface area contributed by atoms with E-state index in [-0.39, 0.29) is 0 Å². The van der Waals surface area contributed by atoms with E-state index in [4.69, 9.17) is 4.74 Å². The number of aryl methyl sites for hydroxylation is 1. The molecule has 3 heterocycles. The van der Waals surface area contributed by atoms with Gasteiger partial charge in [0.05, 0.1) is 12.8 Å². The van der Waals surface area contributed by atoms with Gasteiger partial charge in [0.1, 0.15) is 5.82 Å². The molecule has 0 saturated carbocycles. The van der Waals surface area contributed by atoms with Crippen LogP contribution in [0.1, 0.15) is 12.0 Å². The Labute approximate surface area is 100 Å². The number of fused-ring (bicyclic) bond motifs is 1. The quantitative estimate of drug-likeness (QED) is 0.742. The molecule has 5 heteroatoms. The van der Waals surface area contributed by atoms with Gasteiger partial charge in [0.25, 0.3) is 0 Å². The monoisotopic (exact) mass is 232 g/mol. The maximum Gasteiger partial charge on any atom is 0.160 e. The summed E-state index contributed by atoms with van der Waals surface area (Å²) in [5.74, 6) is 1.02. The Balaban J connectivity index is 1.95. The summed E-state index contributed by atoms with van der Waals surface area (Å²) in [5, 5.41) is 4.23. The molecule has 1 fully saturated rings. The predicted octanol–water partition coefficient (Wildman–Crippen LogP) is 1.26. The minimum absolute atomic E-state index is 0.783. The van der Waals surface area contributed by atoms with Crippen molar-refractivity contribution in [1.82, 2.24) is 14.6 Å². The highest BCUT2D eigenvalue weighted by Gasteiger charge is 2.12. The molecule has 1 aliphatic heterocycles. The van der Waals surface area contributed by atoms with Crippen molar-refractivity contribution in [3.63, 3.8) is 0 Å². The molecule has 90 valence electrons. The third kappa shape index (κ3) is 1.98. The average Bonchev–Trinajstić information content (AvgIpc) is 2.58. The molecule has 5 nitrogen and oxygen atoms in total. The molecule has 2 aromatic heterocycles. The van der Waals surface area contributed by atoms with E-state index in [0.29, 0.717) is 0 Å². The summed E-state index contributed by atoms with van der Waals surface area (Å²) in [6.45, 7) is 5.59. The van der Waals surface area contributed by atoms with Crippen molar-refractivity contribution in [3.8, 4) is 0 Å². The lowest BCUT2D eigenvalue weighted by molar-refractivity contribution is 0.152. The second-order valence-electron chi connectivity index (χ2n) is 4.33. The molecule has 0 atom stereocenters. The first-order chi connectivity index (χ1) is 8.34. The van der Waals surface area contributed by atoms with Crippen molar-refractivity contribution in [1.29, 1.82) is 0 Å². The van der Waals surface area contributed by atoms with E-state index < -0.39 is 0 Å². The van der Waals surface area contributed by atoms with Gasteiger partial charge in [-0.05, 0) is 19.4 Å². The maximum absolute atomic E-state index is 5.46. The van der Waals surface area contributed by atoms with Crippen LogP contribution in [0.5, 0.6) is 0 Å². The van der Waals surface area contributed by atoms with E-state index in [2.05, 4.69) is 15.0 Å². The highest BCUT2D eigenvalue weighted by atomic mass is 16.5. The van der Waals surface area contributed by atoms with Crippen molar-refractivity contribution < 1.29 is 4.74 Å². The SMILES string of the molecule is Cc1cnn2ccc(N3CCCOCC3)nc12. The number of hydrogen-bond donors (Lipinski definition) is 0. The van der Waals surface area contributed by atoms with Crippen molar-refractivity contribution in [3.05, 3.63) is 24.0 Å². The normalized spacial score (nSPS) is 17.4. The molecule has 0 N–H and O–H groups in total. The van der Waals surface area contributed by atoms with Gasteiger partial charge in [-0.25, -0.2) is 9.50 Å². The molecule has 3 rings (SSSR count). The van der Waals surface area contributed by atoms with E-state index >= 15 is 0 Å². The van der Waals surface area contributed by atoms with E-state index in [0.717, 1.165) is 49.8 Å². The van der Waals surface area contributed by atoms with Crippen molar-refractivity contribution in [2.75, 3.05) is 31.2 Å². The standard InChI is InChI=1S/C12H16N4O/c1-10-9-13-16-5-3-11(14-12(10)16)15-4-2-7-17-8-6-15/h3,5,9H,2,4,6-8H2,1H3. The molecule has 0 bridgehead atoms. The first kappa shape index (κ1) is 10.5. The summed E-state index contributed by atoms with van der Waals surface area (Å²) >= 11 is 0. The molecule has 0 radical (unpaired) electrons. The second kappa shape index (κ2) is 4.33. The van der Waals surface area contributed by atoms with Crippen LogP contribution in [0.25, 0.3) is 5.65 Å². The van der Waals surface area contributed by atoms with Gasteiger partial charge in [0, 0.05) is 31.5 Å². The number of hydrogen-bond acceptors (Lipinski definition) is 4. The minimum Gasteiger partial charge on any atom is -0.380 e. The third-order valence-electron chi connectivity index (χ3n) is 3.08. The van der Waals surface area contributed by atoms with Crippen molar-refractivity contribution in [2.24, 2.45) is 0 Å². The van der Waals surface area contributed by atoms with Gasteiger partial charge in [-0.2, -0.15) is 5.10 Å². The fourth-order valence-corrected chi connectivity index (χ4v) is 2.12.